The molecule has 0 atom stereocenters. The van der Waals surface area contributed by atoms with Crippen molar-refractivity contribution in [2.45, 2.75) is 20.8 Å². The van der Waals surface area contributed by atoms with Crippen molar-refractivity contribution in [1.29, 1.82) is 0 Å². The minimum Gasteiger partial charge on any atom is -0.482 e. The van der Waals surface area contributed by atoms with Gasteiger partial charge in [0, 0.05) is 17.5 Å². The molecule has 0 radical (unpaired) electrons. The molecule has 7 heteroatoms. The van der Waals surface area contributed by atoms with Gasteiger partial charge in [0.2, 0.25) is 0 Å². The Morgan fingerprint density at radius 2 is 1.69 bits per heavy atom. The fourth-order valence-corrected chi connectivity index (χ4v) is 4.05. The molecule has 0 bridgehead atoms. The van der Waals surface area contributed by atoms with Gasteiger partial charge in [0.25, 0.3) is 5.56 Å². The molecule has 3 aromatic heterocycles. The van der Waals surface area contributed by atoms with Gasteiger partial charge in [-0.2, -0.15) is 5.10 Å². The number of ketones is 1. The first-order valence-corrected chi connectivity index (χ1v) is 11.3. The number of rotatable bonds is 6. The zero-order chi connectivity index (χ0) is 24.5. The van der Waals surface area contributed by atoms with Gasteiger partial charge in [-0.15, -0.1) is 0 Å². The van der Waals surface area contributed by atoms with E-state index in [1.807, 2.05) is 54.9 Å². The summed E-state index contributed by atoms with van der Waals surface area (Å²) < 4.78 is 9.04. The number of fused-ring (bicyclic) bond motifs is 1. The lowest BCUT2D eigenvalue weighted by atomic mass is 10.1. The maximum absolute atomic E-state index is 13.5. The largest absolute Gasteiger partial charge is 0.482 e. The predicted octanol–water partition coefficient (Wildman–Crippen LogP) is 4.73. The highest BCUT2D eigenvalue weighted by atomic mass is 16.5. The molecule has 35 heavy (non-hydrogen) atoms. The van der Waals surface area contributed by atoms with Crippen LogP contribution < -0.4 is 10.3 Å². The SMILES string of the molecule is Cc1ccc(-n2nc(-c3c(C)nc4c(OCC(=O)c5ccccc5)cccn4c3=O)cc2C)cc1. The molecule has 0 aliphatic carbocycles. The van der Waals surface area contributed by atoms with Crippen LogP contribution in [0, 0.1) is 20.8 Å². The molecule has 0 aliphatic heterocycles. The van der Waals surface area contributed by atoms with Gasteiger partial charge >= 0.3 is 0 Å². The highest BCUT2D eigenvalue weighted by molar-refractivity contribution is 5.97. The first-order valence-electron chi connectivity index (χ1n) is 11.3. The van der Waals surface area contributed by atoms with Gasteiger partial charge in [0.05, 0.1) is 16.9 Å². The third-order valence-corrected chi connectivity index (χ3v) is 5.88. The van der Waals surface area contributed by atoms with E-state index in [9.17, 15) is 9.59 Å². The Hall–Kier alpha value is -4.52. The molecule has 2 aromatic carbocycles. The second-order valence-corrected chi connectivity index (χ2v) is 8.44. The van der Waals surface area contributed by atoms with E-state index in [4.69, 9.17) is 9.84 Å². The summed E-state index contributed by atoms with van der Waals surface area (Å²) in [6.07, 6.45) is 1.64. The molecule has 0 fully saturated rings. The Bertz CT molecular complexity index is 1600. The Morgan fingerprint density at radius 3 is 2.43 bits per heavy atom. The van der Waals surface area contributed by atoms with Crippen molar-refractivity contribution >= 4 is 11.4 Å². The van der Waals surface area contributed by atoms with Crippen molar-refractivity contribution in [2.24, 2.45) is 0 Å². The smallest absolute Gasteiger partial charge is 0.267 e. The molecule has 3 heterocycles. The van der Waals surface area contributed by atoms with E-state index in [1.165, 1.54) is 4.40 Å². The molecule has 7 nitrogen and oxygen atoms in total. The van der Waals surface area contributed by atoms with Crippen molar-refractivity contribution in [3.8, 4) is 22.7 Å². The molecule has 0 spiro atoms. The van der Waals surface area contributed by atoms with Gasteiger partial charge in [-0.05, 0) is 51.1 Å². The number of nitrogens with zero attached hydrogens (tertiary/aromatic N) is 4. The molecule has 0 saturated heterocycles. The summed E-state index contributed by atoms with van der Waals surface area (Å²) >= 11 is 0. The highest BCUT2D eigenvalue weighted by Crippen LogP contribution is 2.24. The van der Waals surface area contributed by atoms with Crippen LogP contribution in [0.15, 0.2) is 83.8 Å². The number of hydrogen-bond acceptors (Lipinski definition) is 5. The van der Waals surface area contributed by atoms with Gasteiger partial charge in [-0.1, -0.05) is 48.0 Å². The van der Waals surface area contributed by atoms with Crippen LogP contribution in [0.2, 0.25) is 0 Å². The van der Waals surface area contributed by atoms with Crippen LogP contribution in [-0.4, -0.2) is 31.6 Å². The number of aromatic nitrogens is 4. The number of pyridine rings is 1. The Kier molecular flexibility index (Phi) is 5.74. The van der Waals surface area contributed by atoms with Gasteiger partial charge in [0.15, 0.2) is 23.8 Å². The molecular weight excluding hydrogens is 440 g/mol. The van der Waals surface area contributed by atoms with Crippen molar-refractivity contribution in [2.75, 3.05) is 6.61 Å². The van der Waals surface area contributed by atoms with Crippen molar-refractivity contribution in [1.82, 2.24) is 19.2 Å². The molecule has 0 unspecified atom stereocenters. The van der Waals surface area contributed by atoms with E-state index < -0.39 is 0 Å². The Balaban J connectivity index is 1.51. The lowest BCUT2D eigenvalue weighted by Gasteiger charge is -2.11. The average molecular weight is 465 g/mol. The average Bonchev–Trinajstić information content (AvgIpc) is 3.24. The summed E-state index contributed by atoms with van der Waals surface area (Å²) in [6, 6.07) is 22.3. The number of aryl methyl sites for hydroxylation is 3. The van der Waals surface area contributed by atoms with Crippen LogP contribution in [0.4, 0.5) is 0 Å². The molecule has 174 valence electrons. The zero-order valence-electron chi connectivity index (χ0n) is 19.7. The zero-order valence-corrected chi connectivity index (χ0v) is 19.7. The summed E-state index contributed by atoms with van der Waals surface area (Å²) in [5, 5.41) is 4.71. The van der Waals surface area contributed by atoms with Gasteiger partial charge in [-0.3, -0.25) is 14.0 Å². The van der Waals surface area contributed by atoms with Crippen LogP contribution in [0.1, 0.15) is 27.3 Å². The number of carbonyl (C=O) groups excluding carboxylic acids is 1. The molecular formula is C28H24N4O3. The summed E-state index contributed by atoms with van der Waals surface area (Å²) in [5.74, 6) is 0.213. The standard InChI is InChI=1S/C28H24N4O3/c1-18-11-13-22(14-12-18)32-19(2)16-23(30-32)26-20(3)29-27-25(10-7-15-31(27)28(26)34)35-17-24(33)21-8-5-4-6-9-21/h4-16H,17H2,1-3H3. The third kappa shape index (κ3) is 4.24. The number of hydrogen-bond donors (Lipinski definition) is 0. The van der Waals surface area contributed by atoms with E-state index >= 15 is 0 Å². The molecule has 0 aliphatic rings. The van der Waals surface area contributed by atoms with Crippen LogP contribution >= 0.6 is 0 Å². The summed E-state index contributed by atoms with van der Waals surface area (Å²) in [7, 11) is 0. The quantitative estimate of drug-likeness (QED) is 0.339. The van der Waals surface area contributed by atoms with Crippen LogP contribution in [0.25, 0.3) is 22.6 Å². The van der Waals surface area contributed by atoms with Crippen molar-refractivity contribution < 1.29 is 9.53 Å². The van der Waals surface area contributed by atoms with E-state index in [-0.39, 0.29) is 17.9 Å². The fourth-order valence-electron chi connectivity index (χ4n) is 4.05. The normalized spacial score (nSPS) is 11.1. The molecule has 0 amide bonds. The van der Waals surface area contributed by atoms with E-state index in [0.29, 0.717) is 33.9 Å². The van der Waals surface area contributed by atoms with Crippen molar-refractivity contribution in [3.63, 3.8) is 0 Å². The van der Waals surface area contributed by atoms with Crippen LogP contribution in [0.3, 0.4) is 0 Å². The number of Topliss-reactive ketones (excluding diaryl/α,β-unsaturated/α-hetero) is 1. The van der Waals surface area contributed by atoms with Crippen LogP contribution in [0.5, 0.6) is 5.75 Å². The summed E-state index contributed by atoms with van der Waals surface area (Å²) in [6.45, 7) is 5.61. The molecule has 5 rings (SSSR count). The highest BCUT2D eigenvalue weighted by Gasteiger charge is 2.19. The summed E-state index contributed by atoms with van der Waals surface area (Å²) in [5.41, 5.74) is 5.18. The minimum atomic E-state index is -0.249. The fraction of sp³-hybridized carbons (Fsp3) is 0.143. The van der Waals surface area contributed by atoms with Gasteiger partial charge in [0.1, 0.15) is 5.69 Å². The lowest BCUT2D eigenvalue weighted by molar-refractivity contribution is 0.0922. The second kappa shape index (κ2) is 9.02. The van der Waals surface area contributed by atoms with Gasteiger partial charge < -0.3 is 4.74 Å². The van der Waals surface area contributed by atoms with E-state index in [0.717, 1.165) is 16.9 Å². The number of carbonyl (C=O) groups is 1. The topological polar surface area (TPSA) is 78.5 Å². The number of ether oxygens (including phenoxy) is 1. The minimum absolute atomic E-state index is 0.152. The first-order chi connectivity index (χ1) is 16.9. The maximum Gasteiger partial charge on any atom is 0.267 e. The second-order valence-electron chi connectivity index (χ2n) is 8.44. The Morgan fingerprint density at radius 1 is 0.943 bits per heavy atom. The predicted molar refractivity (Wildman–Crippen MR) is 134 cm³/mol. The first kappa shape index (κ1) is 22.3. The van der Waals surface area contributed by atoms with Crippen LogP contribution in [-0.2, 0) is 0 Å². The molecule has 0 N–H and O–H groups in total. The monoisotopic (exact) mass is 464 g/mol. The Labute approximate surface area is 202 Å². The number of benzene rings is 2. The lowest BCUT2D eigenvalue weighted by Crippen LogP contribution is -2.20. The van der Waals surface area contributed by atoms with Crippen molar-refractivity contribution in [3.05, 3.63) is 112 Å². The summed E-state index contributed by atoms with van der Waals surface area (Å²) in [4.78, 5) is 30.7. The molecule has 0 saturated carbocycles. The van der Waals surface area contributed by atoms with E-state index in [1.54, 1.807) is 49.5 Å². The van der Waals surface area contributed by atoms with Gasteiger partial charge in [-0.25, -0.2) is 9.67 Å². The third-order valence-electron chi connectivity index (χ3n) is 5.88. The molecule has 5 aromatic rings. The van der Waals surface area contributed by atoms with E-state index in [2.05, 4.69) is 4.98 Å². The maximum atomic E-state index is 13.5.